The third-order valence-electron chi connectivity index (χ3n) is 0.967. The Balaban J connectivity index is 2.58. The topological polar surface area (TPSA) is 30.2 Å². The van der Waals surface area contributed by atoms with Gasteiger partial charge in [-0.15, -0.1) is 0 Å². The number of Topliss-reactive ketones (excluding diaryl/α,β-unsaturated/α-hetero) is 1. The second-order valence-corrected chi connectivity index (χ2v) is 1.93. The third-order valence-corrected chi connectivity index (χ3v) is 0.967. The van der Waals surface area contributed by atoms with Crippen LogP contribution in [-0.2, 0) is 11.2 Å². The second kappa shape index (κ2) is 2.49. The zero-order valence-electron chi connectivity index (χ0n) is 5.18. The van der Waals surface area contributed by atoms with Gasteiger partial charge in [0.15, 0.2) is 6.26 Å². The van der Waals surface area contributed by atoms with E-state index >= 15 is 0 Å². The van der Waals surface area contributed by atoms with Crippen LogP contribution in [0.5, 0.6) is 0 Å². The van der Waals surface area contributed by atoms with E-state index in [9.17, 15) is 4.79 Å². The van der Waals surface area contributed by atoms with Crippen molar-refractivity contribution in [3.63, 3.8) is 0 Å². The molecule has 0 saturated carbocycles. The number of furan rings is 1. The molecule has 0 bridgehead atoms. The summed E-state index contributed by atoms with van der Waals surface area (Å²) < 4.78 is 4.64. The first-order chi connectivity index (χ1) is 4.29. The lowest BCUT2D eigenvalue weighted by atomic mass is 10.2. The van der Waals surface area contributed by atoms with Crippen LogP contribution in [0.25, 0.3) is 0 Å². The molecule has 0 fully saturated rings. The molecule has 1 rings (SSSR count). The number of carbonyl (C=O) groups is 1. The van der Waals surface area contributed by atoms with Crippen molar-refractivity contribution in [2.75, 3.05) is 0 Å². The Hall–Kier alpha value is -1.05. The number of carbonyl (C=O) groups excluding carboxylic acids is 1. The Bertz CT molecular complexity index is 187. The highest BCUT2D eigenvalue weighted by atomic mass is 16.3. The van der Waals surface area contributed by atoms with Crippen molar-refractivity contribution in [1.29, 1.82) is 0 Å². The summed E-state index contributed by atoms with van der Waals surface area (Å²) in [6.07, 6.45) is 4.51. The molecule has 0 aliphatic carbocycles. The van der Waals surface area contributed by atoms with Crippen LogP contribution in [0.2, 0.25) is 0 Å². The standard InChI is InChI=1S/C7H7O2/c1-6(8)4-7-2-3-9-5-7/h2-3H,4H2,1H3. The first-order valence-corrected chi connectivity index (χ1v) is 2.72. The Labute approximate surface area is 53.5 Å². The quantitative estimate of drug-likeness (QED) is 0.591. The molecule has 0 aliphatic rings. The van der Waals surface area contributed by atoms with Crippen molar-refractivity contribution in [1.82, 2.24) is 0 Å². The van der Waals surface area contributed by atoms with E-state index < -0.39 is 0 Å². The summed E-state index contributed by atoms with van der Waals surface area (Å²) in [4.78, 5) is 10.4. The van der Waals surface area contributed by atoms with Crippen LogP contribution in [0.3, 0.4) is 0 Å². The maximum Gasteiger partial charge on any atom is 0.173 e. The van der Waals surface area contributed by atoms with Gasteiger partial charge in [0.1, 0.15) is 5.78 Å². The predicted octanol–water partition coefficient (Wildman–Crippen LogP) is 1.21. The Morgan fingerprint density at radius 3 is 3.11 bits per heavy atom. The maximum absolute atomic E-state index is 10.4. The minimum Gasteiger partial charge on any atom is -0.461 e. The fourth-order valence-electron chi connectivity index (χ4n) is 0.623. The fraction of sp³-hybridized carbons (Fsp3) is 0.286. The minimum atomic E-state index is 0.132. The van der Waals surface area contributed by atoms with Crippen molar-refractivity contribution in [2.45, 2.75) is 13.3 Å². The van der Waals surface area contributed by atoms with Gasteiger partial charge in [0.2, 0.25) is 0 Å². The molecule has 0 amide bonds. The average Bonchev–Trinajstić information content (AvgIpc) is 2.15. The van der Waals surface area contributed by atoms with Gasteiger partial charge in [-0.3, -0.25) is 4.79 Å². The average molecular weight is 123 g/mol. The van der Waals surface area contributed by atoms with E-state index in [4.69, 9.17) is 0 Å². The maximum atomic E-state index is 10.4. The van der Waals surface area contributed by atoms with Gasteiger partial charge >= 0.3 is 0 Å². The smallest absolute Gasteiger partial charge is 0.173 e. The molecule has 1 aromatic rings. The molecule has 1 radical (unpaired) electrons. The van der Waals surface area contributed by atoms with Gasteiger partial charge in [-0.25, -0.2) is 0 Å². The van der Waals surface area contributed by atoms with Gasteiger partial charge in [0.05, 0.1) is 6.26 Å². The lowest BCUT2D eigenvalue weighted by Gasteiger charge is -1.84. The fourth-order valence-corrected chi connectivity index (χ4v) is 0.623. The van der Waals surface area contributed by atoms with Crippen LogP contribution in [0.15, 0.2) is 16.7 Å². The molecule has 0 N–H and O–H groups in total. The Morgan fingerprint density at radius 1 is 1.89 bits per heavy atom. The molecule has 0 aliphatic heterocycles. The van der Waals surface area contributed by atoms with Gasteiger partial charge < -0.3 is 4.42 Å². The first-order valence-electron chi connectivity index (χ1n) is 2.72. The molecular weight excluding hydrogens is 116 g/mol. The molecule has 2 heteroatoms. The van der Waals surface area contributed by atoms with E-state index in [0.29, 0.717) is 6.42 Å². The van der Waals surface area contributed by atoms with Crippen LogP contribution in [-0.4, -0.2) is 5.78 Å². The third kappa shape index (κ3) is 1.72. The highest BCUT2D eigenvalue weighted by molar-refractivity contribution is 5.77. The number of hydrogen-bond donors (Lipinski definition) is 0. The largest absolute Gasteiger partial charge is 0.461 e. The minimum absolute atomic E-state index is 0.132. The van der Waals surface area contributed by atoms with Gasteiger partial charge in [-0.1, -0.05) is 0 Å². The molecule has 1 heterocycles. The predicted molar refractivity (Wildman–Crippen MR) is 31.9 cm³/mol. The lowest BCUT2D eigenvalue weighted by molar-refractivity contribution is -0.116. The van der Waals surface area contributed by atoms with E-state index in [0.717, 1.165) is 5.56 Å². The van der Waals surface area contributed by atoms with Crippen LogP contribution in [0.1, 0.15) is 12.5 Å². The molecule has 0 spiro atoms. The molecule has 9 heavy (non-hydrogen) atoms. The molecule has 1 aromatic heterocycles. The monoisotopic (exact) mass is 123 g/mol. The van der Waals surface area contributed by atoms with Crippen molar-refractivity contribution in [3.05, 3.63) is 24.2 Å². The summed E-state index contributed by atoms with van der Waals surface area (Å²) in [5.74, 6) is 0.132. The summed E-state index contributed by atoms with van der Waals surface area (Å²) in [6, 6.07) is 1.74. The molecule has 0 atom stereocenters. The Morgan fingerprint density at radius 2 is 2.67 bits per heavy atom. The summed E-state index contributed by atoms with van der Waals surface area (Å²) in [5.41, 5.74) is 0.822. The number of ketones is 1. The SMILES string of the molecule is CC(=O)Cc1[c]occ1. The number of hydrogen-bond acceptors (Lipinski definition) is 2. The van der Waals surface area contributed by atoms with Gasteiger partial charge in [-0.05, 0) is 13.0 Å². The zero-order valence-corrected chi connectivity index (χ0v) is 5.18. The highest BCUT2D eigenvalue weighted by Crippen LogP contribution is 1.99. The molecule has 0 unspecified atom stereocenters. The highest BCUT2D eigenvalue weighted by Gasteiger charge is 1.97. The van der Waals surface area contributed by atoms with Crippen molar-refractivity contribution in [3.8, 4) is 0 Å². The van der Waals surface area contributed by atoms with Gasteiger partial charge in [0.25, 0.3) is 0 Å². The van der Waals surface area contributed by atoms with Crippen LogP contribution < -0.4 is 0 Å². The summed E-state index contributed by atoms with van der Waals surface area (Å²) in [7, 11) is 0. The Kier molecular flexibility index (Phi) is 1.68. The zero-order chi connectivity index (χ0) is 6.69. The van der Waals surface area contributed by atoms with Gasteiger partial charge in [-0.2, -0.15) is 0 Å². The van der Waals surface area contributed by atoms with Crippen LogP contribution >= 0.6 is 0 Å². The first kappa shape index (κ1) is 6.08. The molecule has 0 saturated heterocycles. The number of rotatable bonds is 2. The second-order valence-electron chi connectivity index (χ2n) is 1.93. The molecule has 2 nitrogen and oxygen atoms in total. The van der Waals surface area contributed by atoms with Crippen molar-refractivity contribution >= 4 is 5.78 Å². The van der Waals surface area contributed by atoms with Crippen molar-refractivity contribution < 1.29 is 9.21 Å². The molecule has 0 aromatic carbocycles. The molecule has 47 valence electrons. The summed E-state index contributed by atoms with van der Waals surface area (Å²) >= 11 is 0. The normalized spacial score (nSPS) is 9.44. The van der Waals surface area contributed by atoms with Crippen LogP contribution in [0, 0.1) is 6.26 Å². The van der Waals surface area contributed by atoms with Gasteiger partial charge in [0, 0.05) is 12.0 Å². The summed E-state index contributed by atoms with van der Waals surface area (Å²) in [5, 5.41) is 0. The van der Waals surface area contributed by atoms with E-state index in [1.165, 1.54) is 6.26 Å². The van der Waals surface area contributed by atoms with E-state index in [2.05, 4.69) is 10.7 Å². The molecular formula is C7H7O2. The lowest BCUT2D eigenvalue weighted by Crippen LogP contribution is -1.93. The van der Waals surface area contributed by atoms with E-state index in [1.54, 1.807) is 13.0 Å². The van der Waals surface area contributed by atoms with E-state index in [1.807, 2.05) is 0 Å². The summed E-state index contributed by atoms with van der Waals surface area (Å²) in [6.45, 7) is 1.54. The van der Waals surface area contributed by atoms with Crippen LogP contribution in [0.4, 0.5) is 0 Å². The van der Waals surface area contributed by atoms with E-state index in [-0.39, 0.29) is 5.78 Å². The van der Waals surface area contributed by atoms with Crippen molar-refractivity contribution in [2.24, 2.45) is 0 Å².